The van der Waals surface area contributed by atoms with Crippen LogP contribution in [-0.4, -0.2) is 30.4 Å². The van der Waals surface area contributed by atoms with Gasteiger partial charge in [-0.2, -0.15) is 0 Å². The number of amides is 2. The summed E-state index contributed by atoms with van der Waals surface area (Å²) in [7, 11) is 0. The van der Waals surface area contributed by atoms with E-state index in [4.69, 9.17) is 10.5 Å². The molecule has 0 radical (unpaired) electrons. The summed E-state index contributed by atoms with van der Waals surface area (Å²) in [6.45, 7) is 0.993. The van der Waals surface area contributed by atoms with Gasteiger partial charge >= 0.3 is 0 Å². The Morgan fingerprint density at radius 1 is 1.04 bits per heavy atom. The van der Waals surface area contributed by atoms with Crippen molar-refractivity contribution in [1.82, 2.24) is 10.6 Å². The minimum Gasteiger partial charge on any atom is -0.457 e. The van der Waals surface area contributed by atoms with Gasteiger partial charge in [0.05, 0.1) is 0 Å². The van der Waals surface area contributed by atoms with Crippen molar-refractivity contribution in [3.8, 4) is 11.5 Å². The van der Waals surface area contributed by atoms with E-state index in [9.17, 15) is 9.59 Å². The third-order valence-electron chi connectivity index (χ3n) is 5.15. The number of piperidine rings is 1. The number of rotatable bonds is 5. The van der Waals surface area contributed by atoms with E-state index < -0.39 is 5.91 Å². The van der Waals surface area contributed by atoms with E-state index in [0.29, 0.717) is 34.6 Å². The number of fused-ring (bicyclic) bond motifs is 2. The second-order valence-corrected chi connectivity index (χ2v) is 6.94. The van der Waals surface area contributed by atoms with E-state index >= 15 is 0 Å². The number of nitrogens with one attached hydrogen (secondary N) is 2. The van der Waals surface area contributed by atoms with Crippen LogP contribution in [0.1, 0.15) is 33.6 Å². The molecule has 2 aliphatic rings. The van der Waals surface area contributed by atoms with Gasteiger partial charge in [-0.25, -0.2) is 0 Å². The third kappa shape index (κ3) is 3.41. The molecule has 1 heterocycles. The van der Waals surface area contributed by atoms with Gasteiger partial charge in [0.1, 0.15) is 11.5 Å². The molecule has 0 aromatic heterocycles. The number of hydrogen-bond donors (Lipinski definition) is 3. The van der Waals surface area contributed by atoms with Crippen LogP contribution in [0.15, 0.2) is 48.5 Å². The van der Waals surface area contributed by atoms with Gasteiger partial charge in [-0.15, -0.1) is 0 Å². The molecule has 1 aliphatic heterocycles. The summed E-state index contributed by atoms with van der Waals surface area (Å²) in [5.74, 6) is 1.10. The van der Waals surface area contributed by atoms with Gasteiger partial charge in [-0.1, -0.05) is 6.07 Å². The molecule has 6 nitrogen and oxygen atoms in total. The molecule has 26 heavy (non-hydrogen) atoms. The van der Waals surface area contributed by atoms with Crippen molar-refractivity contribution in [3.05, 3.63) is 59.7 Å². The molecule has 6 heteroatoms. The van der Waals surface area contributed by atoms with Gasteiger partial charge in [-0.3, -0.25) is 9.59 Å². The highest BCUT2D eigenvalue weighted by molar-refractivity contribution is 5.94. The molecule has 2 bridgehead atoms. The molecule has 1 saturated heterocycles. The first-order valence-electron chi connectivity index (χ1n) is 8.80. The largest absolute Gasteiger partial charge is 0.457 e. The van der Waals surface area contributed by atoms with E-state index in [2.05, 4.69) is 10.6 Å². The maximum atomic E-state index is 12.4. The number of carbonyl (C=O) groups is 2. The topological polar surface area (TPSA) is 93.5 Å². The van der Waals surface area contributed by atoms with Crippen molar-refractivity contribution in [3.63, 3.8) is 0 Å². The predicted molar refractivity (Wildman–Crippen MR) is 97.2 cm³/mol. The average molecular weight is 351 g/mol. The van der Waals surface area contributed by atoms with E-state index in [1.165, 1.54) is 0 Å². The maximum Gasteiger partial charge on any atom is 0.251 e. The van der Waals surface area contributed by atoms with Crippen molar-refractivity contribution in [2.75, 3.05) is 6.54 Å². The van der Waals surface area contributed by atoms with Gasteiger partial charge in [0.2, 0.25) is 5.91 Å². The smallest absolute Gasteiger partial charge is 0.251 e. The van der Waals surface area contributed by atoms with Crippen LogP contribution in [0.4, 0.5) is 0 Å². The van der Waals surface area contributed by atoms with E-state index in [1.54, 1.807) is 48.5 Å². The van der Waals surface area contributed by atoms with Crippen molar-refractivity contribution >= 4 is 11.8 Å². The molecule has 134 valence electrons. The van der Waals surface area contributed by atoms with Gasteiger partial charge in [0, 0.05) is 29.8 Å². The Morgan fingerprint density at radius 2 is 1.85 bits per heavy atom. The maximum absolute atomic E-state index is 12.4. The summed E-state index contributed by atoms with van der Waals surface area (Å²) in [5.41, 5.74) is 6.27. The van der Waals surface area contributed by atoms with Gasteiger partial charge in [0.25, 0.3) is 5.91 Å². The minimum atomic E-state index is -0.502. The number of carbonyl (C=O) groups excluding carboxylic acids is 2. The Morgan fingerprint density at radius 3 is 2.50 bits per heavy atom. The van der Waals surface area contributed by atoms with Crippen LogP contribution in [0.25, 0.3) is 0 Å². The number of benzene rings is 2. The van der Waals surface area contributed by atoms with E-state index in [1.807, 2.05) is 0 Å². The molecule has 4 rings (SSSR count). The standard InChI is InChI=1S/C20H21N3O3/c21-19(24)13-2-1-3-17(9-13)26-16-6-4-12(5-7-16)20(25)23-18-10-15-8-14(18)11-22-15/h1-7,9,14-15,18,22H,8,10-11H2,(H2,21,24)(H,23,25). The lowest BCUT2D eigenvalue weighted by Gasteiger charge is -2.23. The summed E-state index contributed by atoms with van der Waals surface area (Å²) in [5, 5.41) is 6.59. The molecular weight excluding hydrogens is 330 g/mol. The highest BCUT2D eigenvalue weighted by Gasteiger charge is 2.40. The summed E-state index contributed by atoms with van der Waals surface area (Å²) >= 11 is 0. The number of primary amides is 1. The van der Waals surface area contributed by atoms with Crippen LogP contribution in [0, 0.1) is 5.92 Å². The van der Waals surface area contributed by atoms with E-state index in [-0.39, 0.29) is 11.9 Å². The Balaban J connectivity index is 1.39. The zero-order valence-electron chi connectivity index (χ0n) is 14.3. The summed E-state index contributed by atoms with van der Waals surface area (Å²) in [6.07, 6.45) is 2.16. The molecule has 2 aromatic carbocycles. The van der Waals surface area contributed by atoms with Gasteiger partial charge < -0.3 is 21.1 Å². The lowest BCUT2D eigenvalue weighted by atomic mass is 10.0. The molecule has 0 spiro atoms. The molecule has 2 amide bonds. The minimum absolute atomic E-state index is 0.0511. The second kappa shape index (κ2) is 6.80. The lowest BCUT2D eigenvalue weighted by molar-refractivity contribution is 0.0924. The fourth-order valence-corrected chi connectivity index (χ4v) is 3.79. The first kappa shape index (κ1) is 16.6. The SMILES string of the molecule is NC(=O)c1cccc(Oc2ccc(C(=O)NC3CC4CC3CN4)cc2)c1. The average Bonchev–Trinajstić information content (AvgIpc) is 3.25. The van der Waals surface area contributed by atoms with Crippen LogP contribution in [-0.2, 0) is 0 Å². The highest BCUT2D eigenvalue weighted by atomic mass is 16.5. The molecule has 4 N–H and O–H groups in total. The number of ether oxygens (including phenoxy) is 1. The number of hydrogen-bond acceptors (Lipinski definition) is 4. The van der Waals surface area contributed by atoms with Crippen molar-refractivity contribution in [2.45, 2.75) is 24.9 Å². The summed E-state index contributed by atoms with van der Waals surface area (Å²) < 4.78 is 5.73. The normalized spacial score (nSPS) is 23.6. The zero-order valence-corrected chi connectivity index (χ0v) is 14.3. The summed E-state index contributed by atoms with van der Waals surface area (Å²) in [4.78, 5) is 23.7. The van der Waals surface area contributed by atoms with Crippen LogP contribution < -0.4 is 21.1 Å². The molecule has 1 saturated carbocycles. The highest BCUT2D eigenvalue weighted by Crippen LogP contribution is 2.31. The fourth-order valence-electron chi connectivity index (χ4n) is 3.79. The van der Waals surface area contributed by atoms with Crippen molar-refractivity contribution in [1.29, 1.82) is 0 Å². The quantitative estimate of drug-likeness (QED) is 0.769. The van der Waals surface area contributed by atoms with Crippen molar-refractivity contribution < 1.29 is 14.3 Å². The molecule has 2 fully saturated rings. The monoisotopic (exact) mass is 351 g/mol. The predicted octanol–water partition coefficient (Wildman–Crippen LogP) is 2.06. The zero-order chi connectivity index (χ0) is 18.1. The van der Waals surface area contributed by atoms with E-state index in [0.717, 1.165) is 19.4 Å². The Labute approximate surface area is 151 Å². The first-order chi connectivity index (χ1) is 12.6. The lowest BCUT2D eigenvalue weighted by Crippen LogP contribution is -2.44. The molecule has 2 aromatic rings. The Bertz CT molecular complexity index is 834. The Hall–Kier alpha value is -2.86. The first-order valence-corrected chi connectivity index (χ1v) is 8.80. The molecular formula is C20H21N3O3. The molecule has 3 unspecified atom stereocenters. The van der Waals surface area contributed by atoms with Gasteiger partial charge in [0.15, 0.2) is 0 Å². The summed E-state index contributed by atoms with van der Waals surface area (Å²) in [6, 6.07) is 14.5. The van der Waals surface area contributed by atoms with Crippen LogP contribution in [0.3, 0.4) is 0 Å². The van der Waals surface area contributed by atoms with Crippen molar-refractivity contribution in [2.24, 2.45) is 11.7 Å². The second-order valence-electron chi connectivity index (χ2n) is 6.94. The van der Waals surface area contributed by atoms with Gasteiger partial charge in [-0.05, 0) is 61.2 Å². The Kier molecular flexibility index (Phi) is 4.34. The number of nitrogens with two attached hydrogens (primary N) is 1. The van der Waals surface area contributed by atoms with Crippen LogP contribution >= 0.6 is 0 Å². The molecule has 1 aliphatic carbocycles. The molecule has 3 atom stereocenters. The van der Waals surface area contributed by atoms with Crippen LogP contribution in [0.2, 0.25) is 0 Å². The fraction of sp³-hybridized carbons (Fsp3) is 0.300. The third-order valence-corrected chi connectivity index (χ3v) is 5.15. The van der Waals surface area contributed by atoms with Crippen LogP contribution in [0.5, 0.6) is 11.5 Å².